The maximum Gasteiger partial charge on any atom is 0.339 e. The van der Waals surface area contributed by atoms with Gasteiger partial charge in [0.25, 0.3) is 5.91 Å². The van der Waals surface area contributed by atoms with Crippen molar-refractivity contribution >= 4 is 28.5 Å². The van der Waals surface area contributed by atoms with Crippen molar-refractivity contribution in [1.82, 2.24) is 4.98 Å². The molecular formula is C22H22N2O3. The van der Waals surface area contributed by atoms with Crippen LogP contribution in [0.1, 0.15) is 35.5 Å². The first-order valence-electron chi connectivity index (χ1n) is 8.95. The van der Waals surface area contributed by atoms with Crippen molar-refractivity contribution < 1.29 is 14.3 Å². The molecule has 1 N–H and O–H groups in total. The molecule has 0 aliphatic rings. The standard InChI is InChI=1S/C22H22N2O3/c1-4-16-9-11-17(12-10-16)24-21(25)15(3)27-22(26)19-13-14(2)23-20-8-6-5-7-18(19)20/h5-13,15H,4H2,1-3H3,(H,24,25). The molecule has 3 aromatic rings. The molecule has 0 saturated carbocycles. The number of benzene rings is 2. The number of ether oxygens (including phenoxy) is 1. The second kappa shape index (κ2) is 7.99. The highest BCUT2D eigenvalue weighted by Crippen LogP contribution is 2.20. The van der Waals surface area contributed by atoms with Gasteiger partial charge in [-0.3, -0.25) is 9.78 Å². The molecule has 0 bridgehead atoms. The number of hydrogen-bond donors (Lipinski definition) is 1. The van der Waals surface area contributed by atoms with Crippen LogP contribution < -0.4 is 5.32 Å². The van der Waals surface area contributed by atoms with Crippen LogP contribution in [0.2, 0.25) is 0 Å². The van der Waals surface area contributed by atoms with Crippen LogP contribution in [0.15, 0.2) is 54.6 Å². The zero-order chi connectivity index (χ0) is 19.4. The molecule has 0 spiro atoms. The molecule has 1 unspecified atom stereocenters. The number of para-hydroxylation sites is 1. The highest BCUT2D eigenvalue weighted by Gasteiger charge is 2.21. The molecule has 0 aliphatic carbocycles. The molecule has 0 saturated heterocycles. The largest absolute Gasteiger partial charge is 0.449 e. The summed E-state index contributed by atoms with van der Waals surface area (Å²) in [6.45, 7) is 5.45. The maximum atomic E-state index is 12.6. The van der Waals surface area contributed by atoms with Gasteiger partial charge in [0, 0.05) is 16.8 Å². The first kappa shape index (κ1) is 18.6. The van der Waals surface area contributed by atoms with E-state index >= 15 is 0 Å². The minimum absolute atomic E-state index is 0.373. The van der Waals surface area contributed by atoms with Crippen molar-refractivity contribution in [2.45, 2.75) is 33.3 Å². The predicted molar refractivity (Wildman–Crippen MR) is 106 cm³/mol. The molecule has 0 aliphatic heterocycles. The number of esters is 1. The lowest BCUT2D eigenvalue weighted by atomic mass is 10.1. The third-order valence-electron chi connectivity index (χ3n) is 4.35. The van der Waals surface area contributed by atoms with E-state index in [1.54, 1.807) is 13.0 Å². The van der Waals surface area contributed by atoms with E-state index in [0.717, 1.165) is 11.9 Å². The van der Waals surface area contributed by atoms with Crippen LogP contribution in [0.4, 0.5) is 5.69 Å². The predicted octanol–water partition coefficient (Wildman–Crippen LogP) is 4.29. The Kier molecular flexibility index (Phi) is 5.50. The van der Waals surface area contributed by atoms with Crippen LogP contribution >= 0.6 is 0 Å². The summed E-state index contributed by atoms with van der Waals surface area (Å²) in [5.41, 5.74) is 3.70. The number of nitrogens with zero attached hydrogens (tertiary/aromatic N) is 1. The van der Waals surface area contributed by atoms with E-state index in [-0.39, 0.29) is 5.91 Å². The lowest BCUT2D eigenvalue weighted by Gasteiger charge is -2.15. The van der Waals surface area contributed by atoms with E-state index in [1.165, 1.54) is 5.56 Å². The number of hydrogen-bond acceptors (Lipinski definition) is 4. The smallest absolute Gasteiger partial charge is 0.339 e. The zero-order valence-corrected chi connectivity index (χ0v) is 15.7. The molecule has 1 atom stereocenters. The maximum absolute atomic E-state index is 12.6. The van der Waals surface area contributed by atoms with Gasteiger partial charge < -0.3 is 10.1 Å². The first-order valence-corrected chi connectivity index (χ1v) is 8.95. The highest BCUT2D eigenvalue weighted by atomic mass is 16.5. The van der Waals surface area contributed by atoms with Crippen LogP contribution in [-0.4, -0.2) is 23.0 Å². The number of amides is 1. The number of rotatable bonds is 5. The Morgan fingerprint density at radius 2 is 1.81 bits per heavy atom. The summed E-state index contributed by atoms with van der Waals surface area (Å²) in [6.07, 6.45) is 0.0113. The molecule has 1 heterocycles. The lowest BCUT2D eigenvalue weighted by molar-refractivity contribution is -0.123. The molecule has 0 radical (unpaired) electrons. The number of pyridine rings is 1. The molecule has 1 amide bonds. The van der Waals surface area contributed by atoms with E-state index < -0.39 is 12.1 Å². The van der Waals surface area contributed by atoms with Crippen LogP contribution in [0, 0.1) is 6.92 Å². The molecule has 2 aromatic carbocycles. The molecule has 5 heteroatoms. The number of carbonyl (C=O) groups excluding carboxylic acids is 2. The fourth-order valence-electron chi connectivity index (χ4n) is 2.82. The van der Waals surface area contributed by atoms with Gasteiger partial charge in [-0.25, -0.2) is 4.79 Å². The Labute approximate surface area is 158 Å². The second-order valence-electron chi connectivity index (χ2n) is 6.42. The second-order valence-corrected chi connectivity index (χ2v) is 6.42. The summed E-state index contributed by atoms with van der Waals surface area (Å²) in [5.74, 6) is -0.914. The van der Waals surface area contributed by atoms with Gasteiger partial charge in [-0.2, -0.15) is 0 Å². The number of aryl methyl sites for hydroxylation is 2. The lowest BCUT2D eigenvalue weighted by Crippen LogP contribution is -2.30. The monoisotopic (exact) mass is 362 g/mol. The number of fused-ring (bicyclic) bond motifs is 1. The molecule has 5 nitrogen and oxygen atoms in total. The van der Waals surface area contributed by atoms with Crippen LogP contribution in [0.25, 0.3) is 10.9 Å². The SMILES string of the molecule is CCc1ccc(NC(=O)C(C)OC(=O)c2cc(C)nc3ccccc23)cc1. The summed E-state index contributed by atoms with van der Waals surface area (Å²) in [7, 11) is 0. The quantitative estimate of drug-likeness (QED) is 0.688. The molecule has 0 fully saturated rings. The molecule has 1 aromatic heterocycles. The number of nitrogens with one attached hydrogen (secondary N) is 1. The van der Waals surface area contributed by atoms with Crippen molar-refractivity contribution in [3.05, 3.63) is 71.4 Å². The highest BCUT2D eigenvalue weighted by molar-refractivity contribution is 6.05. The van der Waals surface area contributed by atoms with Crippen molar-refractivity contribution in [1.29, 1.82) is 0 Å². The van der Waals surface area contributed by atoms with Crippen LogP contribution in [-0.2, 0) is 16.0 Å². The minimum atomic E-state index is -0.921. The Morgan fingerprint density at radius 3 is 2.52 bits per heavy atom. The Bertz CT molecular complexity index is 981. The molecule has 3 rings (SSSR count). The van der Waals surface area contributed by atoms with E-state index in [2.05, 4.69) is 17.2 Å². The van der Waals surface area contributed by atoms with Crippen LogP contribution in [0.3, 0.4) is 0 Å². The van der Waals surface area contributed by atoms with Crippen molar-refractivity contribution in [3.8, 4) is 0 Å². The summed E-state index contributed by atoms with van der Waals surface area (Å²) in [4.78, 5) is 29.4. The van der Waals surface area contributed by atoms with Crippen molar-refractivity contribution in [2.75, 3.05) is 5.32 Å². The average molecular weight is 362 g/mol. The van der Waals surface area contributed by atoms with Crippen LogP contribution in [0.5, 0.6) is 0 Å². The van der Waals surface area contributed by atoms with Gasteiger partial charge in [0.15, 0.2) is 6.10 Å². The average Bonchev–Trinajstić information content (AvgIpc) is 2.67. The van der Waals surface area contributed by atoms with E-state index in [0.29, 0.717) is 22.3 Å². The fourth-order valence-corrected chi connectivity index (χ4v) is 2.82. The van der Waals surface area contributed by atoms with E-state index in [4.69, 9.17) is 4.74 Å². The molecular weight excluding hydrogens is 340 g/mol. The van der Waals surface area contributed by atoms with Gasteiger partial charge in [0.2, 0.25) is 0 Å². The summed E-state index contributed by atoms with van der Waals surface area (Å²) in [6, 6.07) is 16.6. The van der Waals surface area contributed by atoms with Gasteiger partial charge >= 0.3 is 5.97 Å². The Morgan fingerprint density at radius 1 is 1.11 bits per heavy atom. The third kappa shape index (κ3) is 4.31. The Hall–Kier alpha value is -3.21. The number of anilines is 1. The third-order valence-corrected chi connectivity index (χ3v) is 4.35. The normalized spacial score (nSPS) is 11.8. The zero-order valence-electron chi connectivity index (χ0n) is 15.7. The number of aromatic nitrogens is 1. The van der Waals surface area contributed by atoms with E-state index in [9.17, 15) is 9.59 Å². The summed E-state index contributed by atoms with van der Waals surface area (Å²) in [5, 5.41) is 3.47. The van der Waals surface area contributed by atoms with Crippen molar-refractivity contribution in [2.24, 2.45) is 0 Å². The van der Waals surface area contributed by atoms with Gasteiger partial charge in [0.1, 0.15) is 0 Å². The Balaban J connectivity index is 1.72. The van der Waals surface area contributed by atoms with Gasteiger partial charge in [-0.05, 0) is 50.1 Å². The first-order chi connectivity index (χ1) is 13.0. The van der Waals surface area contributed by atoms with Crippen molar-refractivity contribution in [3.63, 3.8) is 0 Å². The van der Waals surface area contributed by atoms with E-state index in [1.807, 2.05) is 55.5 Å². The van der Waals surface area contributed by atoms with Gasteiger partial charge in [-0.1, -0.05) is 37.3 Å². The number of carbonyl (C=O) groups is 2. The summed E-state index contributed by atoms with van der Waals surface area (Å²) < 4.78 is 5.40. The topological polar surface area (TPSA) is 68.3 Å². The molecule has 27 heavy (non-hydrogen) atoms. The summed E-state index contributed by atoms with van der Waals surface area (Å²) >= 11 is 0. The van der Waals surface area contributed by atoms with Gasteiger partial charge in [0.05, 0.1) is 11.1 Å². The fraction of sp³-hybridized carbons (Fsp3) is 0.227. The molecule has 138 valence electrons. The van der Waals surface area contributed by atoms with Gasteiger partial charge in [-0.15, -0.1) is 0 Å². The minimum Gasteiger partial charge on any atom is -0.449 e.